The van der Waals surface area contributed by atoms with E-state index in [0.29, 0.717) is 39.4 Å². The lowest BCUT2D eigenvalue weighted by Gasteiger charge is -2.17. The van der Waals surface area contributed by atoms with Gasteiger partial charge in [-0.2, -0.15) is 9.97 Å². The highest BCUT2D eigenvalue weighted by Gasteiger charge is 2.21. The minimum atomic E-state index is -0.0423. The summed E-state index contributed by atoms with van der Waals surface area (Å²) in [5.41, 5.74) is 7.53. The zero-order valence-electron chi connectivity index (χ0n) is 13.8. The van der Waals surface area contributed by atoms with Crippen LogP contribution in [0, 0.1) is 0 Å². The van der Waals surface area contributed by atoms with E-state index in [0.717, 1.165) is 5.56 Å². The van der Waals surface area contributed by atoms with Crippen LogP contribution in [0.3, 0.4) is 0 Å². The summed E-state index contributed by atoms with van der Waals surface area (Å²) < 4.78 is 18.8. The summed E-state index contributed by atoms with van der Waals surface area (Å²) in [6, 6.07) is 1.77. The van der Waals surface area contributed by atoms with Gasteiger partial charge in [-0.15, -0.1) is 0 Å². The van der Waals surface area contributed by atoms with Crippen molar-refractivity contribution < 1.29 is 14.2 Å². The molecule has 0 atom stereocenters. The maximum atomic E-state index is 6.08. The van der Waals surface area contributed by atoms with Crippen molar-refractivity contribution in [1.82, 2.24) is 19.5 Å². The van der Waals surface area contributed by atoms with Crippen molar-refractivity contribution in [3.63, 3.8) is 0 Å². The number of nitrogens with zero attached hydrogens (tertiary/aromatic N) is 4. The average molecular weight is 463 g/mol. The van der Waals surface area contributed by atoms with E-state index in [4.69, 9.17) is 43.1 Å². The summed E-state index contributed by atoms with van der Waals surface area (Å²) in [4.78, 5) is 12.4. The number of rotatable bonds is 6. The van der Waals surface area contributed by atoms with Gasteiger partial charge < -0.3 is 24.5 Å². The molecule has 2 aromatic heterocycles. The molecule has 0 bridgehead atoms. The Balaban J connectivity index is 2.11. The van der Waals surface area contributed by atoms with Gasteiger partial charge in [-0.05, 0) is 27.6 Å². The first-order valence-electron chi connectivity index (χ1n) is 7.26. The summed E-state index contributed by atoms with van der Waals surface area (Å²) >= 11 is 15.3. The smallest absolute Gasteiger partial charge is 0.223 e. The first-order chi connectivity index (χ1) is 12.5. The lowest BCUT2D eigenvalue weighted by Crippen LogP contribution is -2.05. The lowest BCUT2D eigenvalue weighted by atomic mass is 10.1. The van der Waals surface area contributed by atoms with Crippen molar-refractivity contribution in [1.29, 1.82) is 0 Å². The first-order valence-corrected chi connectivity index (χ1v) is 8.96. The van der Waals surface area contributed by atoms with Crippen molar-refractivity contribution in [2.45, 2.75) is 6.54 Å². The topological polar surface area (TPSA) is 97.3 Å². The molecule has 0 aliphatic heterocycles. The molecule has 0 spiro atoms. The molecule has 2 N–H and O–H groups in total. The van der Waals surface area contributed by atoms with Crippen molar-refractivity contribution in [2.75, 3.05) is 26.0 Å². The Morgan fingerprint density at radius 3 is 2.65 bits per heavy atom. The third-order valence-electron chi connectivity index (χ3n) is 3.62. The molecule has 0 unspecified atom stereocenters. The van der Waals surface area contributed by atoms with Crippen LogP contribution in [-0.2, 0) is 6.54 Å². The number of alkyl halides is 1. The number of imidazole rings is 1. The number of hydrogen-bond donors (Lipinski definition) is 1. The van der Waals surface area contributed by atoms with Gasteiger partial charge in [-0.3, -0.25) is 0 Å². The fraction of sp³-hybridized carbons (Fsp3) is 0.267. The summed E-state index contributed by atoms with van der Waals surface area (Å²) in [5, 5.41) is 0.200. The van der Waals surface area contributed by atoms with Crippen molar-refractivity contribution in [3.05, 3.63) is 27.6 Å². The van der Waals surface area contributed by atoms with Gasteiger partial charge in [-0.25, -0.2) is 4.98 Å². The molecule has 0 saturated carbocycles. The minimum absolute atomic E-state index is 0.0423. The monoisotopic (exact) mass is 461 g/mol. The van der Waals surface area contributed by atoms with Gasteiger partial charge in [0.15, 0.2) is 28.4 Å². The molecule has 11 heteroatoms. The fourth-order valence-corrected chi connectivity index (χ4v) is 3.42. The van der Waals surface area contributed by atoms with Gasteiger partial charge in [-0.1, -0.05) is 23.2 Å². The lowest BCUT2D eigenvalue weighted by molar-refractivity contribution is 0.311. The Morgan fingerprint density at radius 2 is 2.00 bits per heavy atom. The number of hydrogen-bond acceptors (Lipinski definition) is 7. The molecule has 3 aromatic rings. The highest BCUT2D eigenvalue weighted by atomic mass is 79.9. The van der Waals surface area contributed by atoms with Gasteiger partial charge in [0.05, 0.1) is 31.6 Å². The average Bonchev–Trinajstić information content (AvgIpc) is 3.00. The third kappa shape index (κ3) is 3.34. The maximum absolute atomic E-state index is 6.08. The molecular weight excluding hydrogens is 449 g/mol. The zero-order valence-corrected chi connectivity index (χ0v) is 16.9. The van der Waals surface area contributed by atoms with Gasteiger partial charge in [0, 0.05) is 0 Å². The molecular formula is C15H14BrCl2N5O3. The van der Waals surface area contributed by atoms with Crippen LogP contribution in [0.4, 0.5) is 5.95 Å². The fourth-order valence-electron chi connectivity index (χ4n) is 2.51. The second-order valence-corrected chi connectivity index (χ2v) is 6.45. The van der Waals surface area contributed by atoms with E-state index in [2.05, 4.69) is 30.9 Å². The van der Waals surface area contributed by atoms with Crippen molar-refractivity contribution >= 4 is 56.2 Å². The number of nitrogens with two attached hydrogens (primary N) is 1. The van der Waals surface area contributed by atoms with E-state index in [-0.39, 0.29) is 17.2 Å². The Bertz CT molecular complexity index is 966. The largest absolute Gasteiger partial charge is 0.493 e. The SMILES string of the molecule is COc1cc(Cn2cnc3c(Cl)nc(N)nc32)c(Br)c(OC)c1OCCl. The van der Waals surface area contributed by atoms with E-state index in [1.807, 2.05) is 6.07 Å². The van der Waals surface area contributed by atoms with Crippen LogP contribution in [0.5, 0.6) is 17.2 Å². The molecule has 1 aromatic carbocycles. The predicted octanol–water partition coefficient (Wildman–Crippen LogP) is 3.47. The molecule has 2 heterocycles. The molecule has 3 rings (SSSR count). The van der Waals surface area contributed by atoms with Crippen LogP contribution in [0.15, 0.2) is 16.9 Å². The molecule has 8 nitrogen and oxygen atoms in total. The second-order valence-electron chi connectivity index (χ2n) is 5.09. The molecule has 0 aliphatic rings. The zero-order chi connectivity index (χ0) is 18.8. The van der Waals surface area contributed by atoms with E-state index in [1.165, 1.54) is 14.2 Å². The molecule has 0 amide bonds. The summed E-state index contributed by atoms with van der Waals surface area (Å²) in [6.07, 6.45) is 1.61. The van der Waals surface area contributed by atoms with Crippen LogP contribution >= 0.6 is 39.1 Å². The third-order valence-corrected chi connectivity index (χ3v) is 4.86. The summed E-state index contributed by atoms with van der Waals surface area (Å²) in [7, 11) is 3.07. The summed E-state index contributed by atoms with van der Waals surface area (Å²) in [5.74, 6) is 1.43. The second kappa shape index (κ2) is 7.73. The van der Waals surface area contributed by atoms with Gasteiger partial charge in [0.25, 0.3) is 0 Å². The van der Waals surface area contributed by atoms with Crippen LogP contribution in [0.1, 0.15) is 5.56 Å². The number of benzene rings is 1. The van der Waals surface area contributed by atoms with E-state index >= 15 is 0 Å². The van der Waals surface area contributed by atoms with Gasteiger partial charge >= 0.3 is 0 Å². The molecule has 0 fully saturated rings. The van der Waals surface area contributed by atoms with Crippen LogP contribution in [-0.4, -0.2) is 39.8 Å². The van der Waals surface area contributed by atoms with Gasteiger partial charge in [0.1, 0.15) is 5.52 Å². The Kier molecular flexibility index (Phi) is 5.59. The highest BCUT2D eigenvalue weighted by Crippen LogP contribution is 2.45. The number of aromatic nitrogens is 4. The Labute approximate surface area is 167 Å². The van der Waals surface area contributed by atoms with Crippen LogP contribution < -0.4 is 19.9 Å². The normalized spacial score (nSPS) is 11.0. The molecule has 0 saturated heterocycles. The molecule has 26 heavy (non-hydrogen) atoms. The summed E-state index contributed by atoms with van der Waals surface area (Å²) in [6.45, 7) is 0.401. The Morgan fingerprint density at radius 1 is 1.23 bits per heavy atom. The number of nitrogen functional groups attached to an aromatic ring is 1. The number of fused-ring (bicyclic) bond motifs is 1. The van der Waals surface area contributed by atoms with E-state index < -0.39 is 0 Å². The first kappa shape index (κ1) is 18.8. The van der Waals surface area contributed by atoms with Gasteiger partial charge in [0.2, 0.25) is 11.7 Å². The van der Waals surface area contributed by atoms with Crippen molar-refractivity contribution in [3.8, 4) is 17.2 Å². The van der Waals surface area contributed by atoms with Crippen LogP contribution in [0.2, 0.25) is 5.15 Å². The number of ether oxygens (including phenoxy) is 3. The number of methoxy groups -OCH3 is 2. The minimum Gasteiger partial charge on any atom is -0.493 e. The van der Waals surface area contributed by atoms with Crippen molar-refractivity contribution in [2.24, 2.45) is 0 Å². The molecule has 138 valence electrons. The predicted molar refractivity (Wildman–Crippen MR) is 102 cm³/mol. The molecule has 0 aliphatic carbocycles. The standard InChI is InChI=1S/C15H14BrCl2N5O3/c1-24-8-3-7(9(16)12(25-2)11(8)26-5-17)4-23-6-20-10-13(18)21-15(19)22-14(10)23/h3,6H,4-5H2,1-2H3,(H2,19,21,22). The Hall–Kier alpha value is -1.97. The van der Waals surface area contributed by atoms with E-state index in [1.54, 1.807) is 10.9 Å². The highest BCUT2D eigenvalue weighted by molar-refractivity contribution is 9.10. The molecule has 0 radical (unpaired) electrons. The maximum Gasteiger partial charge on any atom is 0.223 e. The quantitative estimate of drug-likeness (QED) is 0.442. The van der Waals surface area contributed by atoms with E-state index in [9.17, 15) is 0 Å². The number of halogens is 3. The van der Waals surface area contributed by atoms with Crippen LogP contribution in [0.25, 0.3) is 11.2 Å². The number of anilines is 1.